The third-order valence-corrected chi connectivity index (χ3v) is 10.8. The average molecular weight is 714 g/mol. The quantitative estimate of drug-likeness (QED) is 0.145. The first-order valence-electron chi connectivity index (χ1n) is 17.8. The predicted octanol–water partition coefficient (Wildman–Crippen LogP) is 7.20. The van der Waals surface area contributed by atoms with E-state index in [0.717, 1.165) is 67.9 Å². The molecule has 52 heavy (non-hydrogen) atoms. The van der Waals surface area contributed by atoms with E-state index in [0.29, 0.717) is 54.4 Å². The Morgan fingerprint density at radius 2 is 1.75 bits per heavy atom. The highest BCUT2D eigenvalue weighted by molar-refractivity contribution is 5.96. The van der Waals surface area contributed by atoms with Gasteiger partial charge in [0.1, 0.15) is 0 Å². The molecule has 0 saturated carbocycles. The fourth-order valence-corrected chi connectivity index (χ4v) is 7.96. The number of rotatable bonds is 12. The Morgan fingerprint density at radius 1 is 0.981 bits per heavy atom. The van der Waals surface area contributed by atoms with Crippen molar-refractivity contribution in [3.63, 3.8) is 0 Å². The number of likely N-dealkylation sites (tertiary alicyclic amines) is 2. The van der Waals surface area contributed by atoms with Crippen molar-refractivity contribution in [2.45, 2.75) is 50.1 Å². The number of aromatic nitrogens is 2. The third-order valence-electron chi connectivity index (χ3n) is 10.8. The molecule has 0 spiro atoms. The average Bonchev–Trinajstić information content (AvgIpc) is 3.87. The van der Waals surface area contributed by atoms with Crippen LogP contribution in [0.2, 0.25) is 0 Å². The number of hydrogen-bond donors (Lipinski definition) is 1. The molecular weight excluding hydrogens is 668 g/mol. The van der Waals surface area contributed by atoms with Crippen molar-refractivity contribution in [3.05, 3.63) is 102 Å². The Kier molecular flexibility index (Phi) is 10.4. The molecule has 7 rings (SSSR count). The number of halogens is 2. The fraction of sp³-hybridized carbons (Fsp3) is 0.400. The summed E-state index contributed by atoms with van der Waals surface area (Å²) in [6, 6.07) is 17.8. The predicted molar refractivity (Wildman–Crippen MR) is 194 cm³/mol. The van der Waals surface area contributed by atoms with Crippen molar-refractivity contribution in [1.29, 1.82) is 0 Å². The lowest BCUT2D eigenvalue weighted by atomic mass is 9.71. The van der Waals surface area contributed by atoms with Gasteiger partial charge in [-0.2, -0.15) is 0 Å². The van der Waals surface area contributed by atoms with Crippen molar-refractivity contribution in [2.24, 2.45) is 0 Å². The van der Waals surface area contributed by atoms with E-state index >= 15 is 0 Å². The molecule has 2 saturated heterocycles. The summed E-state index contributed by atoms with van der Waals surface area (Å²) in [6.45, 7) is 4.08. The molecule has 5 aromatic rings. The Bertz CT molecular complexity index is 1940. The standard InChI is InChI=1S/C40H45F2N5O5/c1-49-35-21-28(22-36(50-2)37(35)51-3)38(48)46-16-6-14-40(26-46,29-9-10-31(41)32(42)23-29)15-19-45-17-11-30(12-18-45)47(24-27-13-20-52-25-27)39-43-33-7-4-5-8-34(33)44-39/h4-5,7-10,13,20-23,25,30H,6,11-12,14-19,24,26H2,1-3H3,(H,43,44). The SMILES string of the molecule is COc1cc(C(=O)N2CCCC(CCN3CCC(N(Cc4ccoc4)c4nc5ccccc5[nH]4)CC3)(c3ccc(F)c(F)c3)C2)cc(OC)c1OC. The number of methoxy groups -OCH3 is 3. The van der Waals surface area contributed by atoms with Crippen LogP contribution in [0.1, 0.15) is 53.6 Å². The van der Waals surface area contributed by atoms with Gasteiger partial charge in [-0.1, -0.05) is 18.2 Å². The monoisotopic (exact) mass is 713 g/mol. The summed E-state index contributed by atoms with van der Waals surface area (Å²) in [7, 11) is 4.54. The lowest BCUT2D eigenvalue weighted by Crippen LogP contribution is -2.51. The third kappa shape index (κ3) is 7.16. The molecule has 10 nitrogen and oxygen atoms in total. The minimum absolute atomic E-state index is 0.185. The molecule has 2 aromatic heterocycles. The lowest BCUT2D eigenvalue weighted by molar-refractivity contribution is 0.0605. The highest BCUT2D eigenvalue weighted by Crippen LogP contribution is 2.41. The van der Waals surface area contributed by atoms with Gasteiger partial charge in [0.05, 0.1) is 44.9 Å². The second-order valence-electron chi connectivity index (χ2n) is 13.8. The van der Waals surface area contributed by atoms with E-state index in [9.17, 15) is 13.6 Å². The number of anilines is 1. The second kappa shape index (κ2) is 15.2. The van der Waals surface area contributed by atoms with Crippen molar-refractivity contribution >= 4 is 22.9 Å². The second-order valence-corrected chi connectivity index (χ2v) is 13.8. The number of imidazole rings is 1. The fourth-order valence-electron chi connectivity index (χ4n) is 7.96. The minimum atomic E-state index is -0.883. The van der Waals surface area contributed by atoms with Gasteiger partial charge < -0.3 is 38.3 Å². The summed E-state index contributed by atoms with van der Waals surface area (Å²) < 4.78 is 50.9. The number of nitrogens with one attached hydrogen (secondary N) is 1. The molecule has 4 heterocycles. The first kappa shape index (κ1) is 35.3. The van der Waals surface area contributed by atoms with Gasteiger partial charge in [0.25, 0.3) is 5.91 Å². The van der Waals surface area contributed by atoms with Gasteiger partial charge in [-0.15, -0.1) is 0 Å². The van der Waals surface area contributed by atoms with Gasteiger partial charge in [-0.3, -0.25) is 4.79 Å². The number of furan rings is 1. The van der Waals surface area contributed by atoms with Gasteiger partial charge in [-0.25, -0.2) is 13.8 Å². The normalized spacial score (nSPS) is 18.4. The minimum Gasteiger partial charge on any atom is -0.493 e. The number of fused-ring (bicyclic) bond motifs is 1. The number of benzene rings is 3. The molecule has 274 valence electrons. The summed E-state index contributed by atoms with van der Waals surface area (Å²) in [5.74, 6) is 0.0809. The molecule has 12 heteroatoms. The molecule has 0 bridgehead atoms. The molecule has 0 aliphatic carbocycles. The maximum absolute atomic E-state index is 14.8. The Balaban J connectivity index is 1.09. The van der Waals surface area contributed by atoms with E-state index in [-0.39, 0.29) is 11.9 Å². The zero-order chi connectivity index (χ0) is 36.2. The van der Waals surface area contributed by atoms with E-state index in [2.05, 4.69) is 14.8 Å². The van der Waals surface area contributed by atoms with E-state index in [4.69, 9.17) is 23.6 Å². The van der Waals surface area contributed by atoms with Gasteiger partial charge >= 0.3 is 0 Å². The van der Waals surface area contributed by atoms with Crippen LogP contribution in [0.15, 0.2) is 77.6 Å². The number of amides is 1. The molecule has 3 aromatic carbocycles. The smallest absolute Gasteiger partial charge is 0.254 e. The summed E-state index contributed by atoms with van der Waals surface area (Å²) in [6.07, 6.45) is 7.49. The molecule has 0 radical (unpaired) electrons. The van der Waals surface area contributed by atoms with Crippen molar-refractivity contribution < 1.29 is 32.2 Å². The Labute approximate surface area is 302 Å². The summed E-state index contributed by atoms with van der Waals surface area (Å²) in [4.78, 5) is 29.1. The number of hydrogen-bond acceptors (Lipinski definition) is 8. The van der Waals surface area contributed by atoms with Crippen LogP contribution in [-0.2, 0) is 12.0 Å². The maximum atomic E-state index is 14.8. The van der Waals surface area contributed by atoms with Crippen LogP contribution in [0.5, 0.6) is 17.2 Å². The van der Waals surface area contributed by atoms with Crippen LogP contribution in [0.4, 0.5) is 14.7 Å². The number of ether oxygens (including phenoxy) is 3. The lowest BCUT2D eigenvalue weighted by Gasteiger charge is -2.45. The Hall–Kier alpha value is -5.10. The molecule has 1 N–H and O–H groups in total. The summed E-state index contributed by atoms with van der Waals surface area (Å²) in [5.41, 5.74) is 3.56. The number of carbonyl (C=O) groups is 1. The van der Waals surface area contributed by atoms with Crippen LogP contribution >= 0.6 is 0 Å². The van der Waals surface area contributed by atoms with E-state index < -0.39 is 17.0 Å². The molecule has 2 aliphatic rings. The van der Waals surface area contributed by atoms with Crippen LogP contribution < -0.4 is 19.1 Å². The largest absolute Gasteiger partial charge is 0.493 e. The molecule has 2 aliphatic heterocycles. The molecule has 2 fully saturated rings. The van der Waals surface area contributed by atoms with E-state index in [1.165, 1.54) is 33.5 Å². The molecule has 1 amide bonds. The van der Waals surface area contributed by atoms with Crippen LogP contribution in [-0.4, -0.2) is 85.8 Å². The summed E-state index contributed by atoms with van der Waals surface area (Å²) >= 11 is 0. The topological polar surface area (TPSA) is 96.3 Å². The molecular formula is C40H45F2N5O5. The Morgan fingerprint density at radius 3 is 2.42 bits per heavy atom. The maximum Gasteiger partial charge on any atom is 0.254 e. The molecule has 1 unspecified atom stereocenters. The van der Waals surface area contributed by atoms with Gasteiger partial charge in [0.2, 0.25) is 11.7 Å². The van der Waals surface area contributed by atoms with Crippen molar-refractivity contribution in [1.82, 2.24) is 19.8 Å². The van der Waals surface area contributed by atoms with Crippen LogP contribution in [0, 0.1) is 11.6 Å². The molecule has 1 atom stereocenters. The highest BCUT2D eigenvalue weighted by atomic mass is 19.2. The number of para-hydroxylation sites is 2. The number of carbonyl (C=O) groups excluding carboxylic acids is 1. The van der Waals surface area contributed by atoms with Gasteiger partial charge in [0.15, 0.2) is 23.1 Å². The first-order valence-corrected chi connectivity index (χ1v) is 17.8. The highest BCUT2D eigenvalue weighted by Gasteiger charge is 2.40. The number of nitrogens with zero attached hydrogens (tertiary/aromatic N) is 4. The van der Waals surface area contributed by atoms with Gasteiger partial charge in [0, 0.05) is 55.3 Å². The van der Waals surface area contributed by atoms with E-state index in [1.54, 1.807) is 30.7 Å². The number of H-pyrrole nitrogens is 1. The zero-order valence-corrected chi connectivity index (χ0v) is 29.9. The van der Waals surface area contributed by atoms with E-state index in [1.807, 2.05) is 35.2 Å². The van der Waals surface area contributed by atoms with Crippen LogP contribution in [0.3, 0.4) is 0 Å². The zero-order valence-electron chi connectivity index (χ0n) is 29.9. The van der Waals surface area contributed by atoms with Crippen LogP contribution in [0.25, 0.3) is 11.0 Å². The first-order chi connectivity index (χ1) is 25.3. The van der Waals surface area contributed by atoms with Gasteiger partial charge in [-0.05, 0) is 86.7 Å². The number of piperidine rings is 2. The van der Waals surface area contributed by atoms with Crippen molar-refractivity contribution in [3.8, 4) is 17.2 Å². The summed E-state index contributed by atoms with van der Waals surface area (Å²) in [5, 5.41) is 0. The van der Waals surface area contributed by atoms with Crippen molar-refractivity contribution in [2.75, 3.05) is 59.0 Å². The number of aromatic amines is 1.